The standard InChI is InChI=1S/C24H36N2O5/c1-15(2)6-11-20(29)23(4)22-21(31-5)19(28)12-13-24(22,30)14-26(23)18-9-7-17(8-10-18)25-16(3)27/h6-10,19-22,28-30H,11-14H2,1-5H3,(H,25,27)/t19-,20-,21-,22-,23-,24+/m1/s1. The largest absolute Gasteiger partial charge is 0.390 e. The lowest BCUT2D eigenvalue weighted by Gasteiger charge is -2.50. The van der Waals surface area contributed by atoms with Crippen LogP contribution in [0.2, 0.25) is 0 Å². The number of hydrogen-bond acceptors (Lipinski definition) is 6. The first-order valence-corrected chi connectivity index (χ1v) is 10.9. The Kier molecular flexibility index (Phi) is 6.81. The van der Waals surface area contributed by atoms with E-state index in [1.54, 1.807) is 7.11 Å². The number of aliphatic hydroxyl groups is 3. The fraction of sp³-hybridized carbons (Fsp3) is 0.625. The van der Waals surface area contributed by atoms with Gasteiger partial charge in [-0.1, -0.05) is 11.6 Å². The molecule has 1 saturated heterocycles. The molecule has 7 heteroatoms. The lowest BCUT2D eigenvalue weighted by Crippen LogP contribution is -2.63. The van der Waals surface area contributed by atoms with Crippen molar-refractivity contribution in [2.24, 2.45) is 5.92 Å². The number of benzene rings is 1. The van der Waals surface area contributed by atoms with Crippen LogP contribution in [-0.2, 0) is 9.53 Å². The molecule has 0 radical (unpaired) electrons. The van der Waals surface area contributed by atoms with E-state index >= 15 is 0 Å². The SMILES string of the molecule is CO[C@@H]1[C@H](O)CC[C@]2(O)CN(c3ccc(NC(C)=O)cc3)[C@](C)([C@H](O)CC=C(C)C)[C@@H]12. The minimum absolute atomic E-state index is 0.145. The first-order chi connectivity index (χ1) is 14.5. The van der Waals surface area contributed by atoms with E-state index in [2.05, 4.69) is 5.32 Å². The number of ether oxygens (including phenoxy) is 1. The van der Waals surface area contributed by atoms with Crippen molar-refractivity contribution in [3.63, 3.8) is 0 Å². The Hall–Kier alpha value is -1.93. The van der Waals surface area contributed by atoms with Gasteiger partial charge < -0.3 is 30.3 Å². The summed E-state index contributed by atoms with van der Waals surface area (Å²) < 4.78 is 5.69. The molecule has 2 aliphatic rings. The Morgan fingerprint density at radius 2 is 1.97 bits per heavy atom. The van der Waals surface area contributed by atoms with Gasteiger partial charge in [-0.25, -0.2) is 0 Å². The summed E-state index contributed by atoms with van der Waals surface area (Å²) in [5.74, 6) is -0.627. The number of β-amino-alcohol motifs (C(OH)–C–C–N with tert-alkyl or cyclic N) is 1. The third-order valence-corrected chi connectivity index (χ3v) is 7.00. The van der Waals surface area contributed by atoms with Crippen molar-refractivity contribution in [1.82, 2.24) is 0 Å². The van der Waals surface area contributed by atoms with E-state index < -0.39 is 35.4 Å². The Morgan fingerprint density at radius 1 is 1.32 bits per heavy atom. The normalized spacial score (nSPS) is 33.5. The summed E-state index contributed by atoms with van der Waals surface area (Å²) in [6, 6.07) is 7.40. The first-order valence-electron chi connectivity index (χ1n) is 10.9. The van der Waals surface area contributed by atoms with E-state index in [4.69, 9.17) is 4.74 Å². The average Bonchev–Trinajstić information content (AvgIpc) is 2.96. The predicted molar refractivity (Wildman–Crippen MR) is 121 cm³/mol. The number of amides is 1. The van der Waals surface area contributed by atoms with Gasteiger partial charge in [0.2, 0.25) is 5.91 Å². The molecule has 0 spiro atoms. The highest BCUT2D eigenvalue weighted by Crippen LogP contribution is 2.53. The fourth-order valence-electron chi connectivity index (χ4n) is 5.48. The minimum atomic E-state index is -1.10. The van der Waals surface area contributed by atoms with E-state index in [-0.39, 0.29) is 5.91 Å². The van der Waals surface area contributed by atoms with Gasteiger partial charge in [-0.2, -0.15) is 0 Å². The van der Waals surface area contributed by atoms with Crippen LogP contribution in [0.15, 0.2) is 35.9 Å². The monoisotopic (exact) mass is 432 g/mol. The molecule has 1 aliphatic carbocycles. The van der Waals surface area contributed by atoms with Gasteiger partial charge in [0.15, 0.2) is 0 Å². The van der Waals surface area contributed by atoms with Crippen molar-refractivity contribution in [3.8, 4) is 0 Å². The van der Waals surface area contributed by atoms with Crippen LogP contribution in [0.25, 0.3) is 0 Å². The molecule has 7 nitrogen and oxygen atoms in total. The molecule has 0 unspecified atom stereocenters. The molecular formula is C24H36N2O5. The van der Waals surface area contributed by atoms with E-state index in [0.717, 1.165) is 11.3 Å². The second-order valence-corrected chi connectivity index (χ2v) is 9.46. The first kappa shape index (κ1) is 23.7. The summed E-state index contributed by atoms with van der Waals surface area (Å²) >= 11 is 0. The molecule has 0 aromatic heterocycles. The maximum absolute atomic E-state index is 11.7. The minimum Gasteiger partial charge on any atom is -0.390 e. The van der Waals surface area contributed by atoms with E-state index in [1.807, 2.05) is 56.0 Å². The zero-order valence-electron chi connectivity index (χ0n) is 19.1. The molecule has 31 heavy (non-hydrogen) atoms. The Labute approximate surface area is 184 Å². The number of rotatable bonds is 6. The molecule has 2 fully saturated rings. The van der Waals surface area contributed by atoms with Crippen molar-refractivity contribution in [1.29, 1.82) is 0 Å². The molecule has 6 atom stereocenters. The number of carbonyl (C=O) groups excluding carboxylic acids is 1. The van der Waals surface area contributed by atoms with Crippen molar-refractivity contribution in [3.05, 3.63) is 35.9 Å². The van der Waals surface area contributed by atoms with Gasteiger partial charge >= 0.3 is 0 Å². The molecule has 4 N–H and O–H groups in total. The Morgan fingerprint density at radius 3 is 2.52 bits per heavy atom. The Balaban J connectivity index is 2.06. The molecule has 1 amide bonds. The third kappa shape index (κ3) is 4.37. The highest BCUT2D eigenvalue weighted by Gasteiger charge is 2.66. The number of hydrogen-bond donors (Lipinski definition) is 4. The van der Waals surface area contributed by atoms with Gasteiger partial charge in [0.05, 0.1) is 29.5 Å². The number of allylic oxidation sites excluding steroid dienone is 1. The quantitative estimate of drug-likeness (QED) is 0.515. The van der Waals surface area contributed by atoms with Crippen LogP contribution < -0.4 is 10.2 Å². The lowest BCUT2D eigenvalue weighted by molar-refractivity contribution is -0.164. The fourth-order valence-corrected chi connectivity index (χ4v) is 5.48. The highest BCUT2D eigenvalue weighted by molar-refractivity contribution is 5.88. The third-order valence-electron chi connectivity index (χ3n) is 7.00. The van der Waals surface area contributed by atoms with Crippen molar-refractivity contribution in [2.45, 2.75) is 76.4 Å². The zero-order chi connectivity index (χ0) is 23.0. The van der Waals surface area contributed by atoms with Crippen molar-refractivity contribution >= 4 is 17.3 Å². The van der Waals surface area contributed by atoms with Crippen molar-refractivity contribution < 1.29 is 24.9 Å². The molecule has 0 bridgehead atoms. The number of nitrogens with zero attached hydrogens (tertiary/aromatic N) is 1. The second-order valence-electron chi connectivity index (χ2n) is 9.46. The van der Waals surface area contributed by atoms with Gasteiger partial charge in [0, 0.05) is 37.9 Å². The van der Waals surface area contributed by atoms with Crippen LogP contribution in [0.3, 0.4) is 0 Å². The maximum atomic E-state index is 11.7. The van der Waals surface area contributed by atoms with Gasteiger partial charge in [-0.15, -0.1) is 0 Å². The molecule has 1 saturated carbocycles. The average molecular weight is 433 g/mol. The number of anilines is 2. The smallest absolute Gasteiger partial charge is 0.221 e. The number of fused-ring (bicyclic) bond motifs is 1. The van der Waals surface area contributed by atoms with Gasteiger partial charge in [-0.05, 0) is 64.3 Å². The summed E-state index contributed by atoms with van der Waals surface area (Å²) in [5, 5.41) is 36.5. The predicted octanol–water partition coefficient (Wildman–Crippen LogP) is 2.46. The number of methoxy groups -OCH3 is 1. The van der Waals surface area contributed by atoms with Crippen LogP contribution >= 0.6 is 0 Å². The van der Waals surface area contributed by atoms with Crippen LogP contribution in [0, 0.1) is 5.92 Å². The van der Waals surface area contributed by atoms with Crippen LogP contribution in [0.1, 0.15) is 47.0 Å². The summed E-state index contributed by atoms with van der Waals surface area (Å²) in [6.07, 6.45) is 1.22. The molecule has 172 valence electrons. The molecular weight excluding hydrogens is 396 g/mol. The molecule has 1 aliphatic heterocycles. The van der Waals surface area contributed by atoms with Crippen LogP contribution in [0.5, 0.6) is 0 Å². The van der Waals surface area contributed by atoms with E-state index in [0.29, 0.717) is 31.5 Å². The number of nitrogens with one attached hydrogen (secondary N) is 1. The van der Waals surface area contributed by atoms with E-state index in [1.165, 1.54) is 6.92 Å². The second kappa shape index (κ2) is 8.90. The molecule has 3 rings (SSSR count). The van der Waals surface area contributed by atoms with Crippen LogP contribution in [0.4, 0.5) is 11.4 Å². The van der Waals surface area contributed by atoms with E-state index in [9.17, 15) is 20.1 Å². The maximum Gasteiger partial charge on any atom is 0.221 e. The highest BCUT2D eigenvalue weighted by atomic mass is 16.5. The van der Waals surface area contributed by atoms with Gasteiger partial charge in [0.1, 0.15) is 0 Å². The molecule has 1 aromatic carbocycles. The number of carbonyl (C=O) groups is 1. The summed E-state index contributed by atoms with van der Waals surface area (Å²) in [5.41, 5.74) is 0.646. The summed E-state index contributed by atoms with van der Waals surface area (Å²) in [6.45, 7) is 7.71. The number of aliphatic hydroxyl groups excluding tert-OH is 2. The van der Waals surface area contributed by atoms with Gasteiger partial charge in [0.25, 0.3) is 0 Å². The van der Waals surface area contributed by atoms with Crippen LogP contribution in [-0.4, -0.2) is 64.3 Å². The summed E-state index contributed by atoms with van der Waals surface area (Å²) in [4.78, 5) is 13.4. The van der Waals surface area contributed by atoms with Gasteiger partial charge in [-0.3, -0.25) is 4.79 Å². The summed E-state index contributed by atoms with van der Waals surface area (Å²) in [7, 11) is 1.55. The van der Waals surface area contributed by atoms with Crippen molar-refractivity contribution in [2.75, 3.05) is 23.9 Å². The Bertz CT molecular complexity index is 822. The zero-order valence-corrected chi connectivity index (χ0v) is 19.1. The lowest BCUT2D eigenvalue weighted by atomic mass is 9.65. The molecule has 1 aromatic rings. The molecule has 1 heterocycles. The topological polar surface area (TPSA) is 102 Å².